The Hall–Kier alpha value is -3.89. The minimum Gasteiger partial charge on any atom is -0.494 e. The fourth-order valence-electron chi connectivity index (χ4n) is 5.77. The second kappa shape index (κ2) is 17.5. The molecule has 1 fully saturated rings. The zero-order valence-electron chi connectivity index (χ0n) is 28.4. The molecule has 0 radical (unpaired) electrons. The molecule has 2 atom stereocenters. The van der Waals surface area contributed by atoms with Gasteiger partial charge in [-0.3, -0.25) is 0 Å². The SMILES string of the molecule is C[Si](C)(C)CCOCOc1ccc2cc(COC3CN(C(=O)O)CCC3c3ccc(OCCCOCc4ccccc4)cc3)ccc2c1. The van der Waals surface area contributed by atoms with Crippen molar-refractivity contribution >= 4 is 24.9 Å². The second-order valence-electron chi connectivity index (χ2n) is 13.6. The fraction of sp³-hybridized carbons (Fsp3) is 0.410. The van der Waals surface area contributed by atoms with E-state index in [2.05, 4.69) is 62.1 Å². The molecule has 2 unspecified atom stereocenters. The summed E-state index contributed by atoms with van der Waals surface area (Å²) in [6, 6.07) is 31.7. The van der Waals surface area contributed by atoms with Gasteiger partial charge in [-0.05, 0) is 70.3 Å². The highest BCUT2D eigenvalue weighted by atomic mass is 28.3. The van der Waals surface area contributed by atoms with Crippen LogP contribution < -0.4 is 9.47 Å². The molecule has 256 valence electrons. The van der Waals surface area contributed by atoms with Crippen LogP contribution in [0.4, 0.5) is 4.79 Å². The summed E-state index contributed by atoms with van der Waals surface area (Å²) in [5, 5.41) is 11.9. The largest absolute Gasteiger partial charge is 0.494 e. The second-order valence-corrected chi connectivity index (χ2v) is 19.2. The van der Waals surface area contributed by atoms with Gasteiger partial charge in [0.1, 0.15) is 11.5 Å². The Labute approximate surface area is 285 Å². The first-order valence-electron chi connectivity index (χ1n) is 16.9. The van der Waals surface area contributed by atoms with Crippen molar-refractivity contribution in [2.75, 3.05) is 39.7 Å². The van der Waals surface area contributed by atoms with Crippen LogP contribution in [0.2, 0.25) is 25.7 Å². The van der Waals surface area contributed by atoms with E-state index in [1.807, 2.05) is 48.5 Å². The summed E-state index contributed by atoms with van der Waals surface area (Å²) in [6.07, 6.45) is 0.313. The monoisotopic (exact) mass is 671 g/mol. The molecule has 8 nitrogen and oxygen atoms in total. The lowest BCUT2D eigenvalue weighted by Gasteiger charge is -2.37. The van der Waals surface area contributed by atoms with E-state index in [9.17, 15) is 9.90 Å². The Kier molecular flexibility index (Phi) is 12.9. The third-order valence-corrected chi connectivity index (χ3v) is 10.3. The Morgan fingerprint density at radius 2 is 1.54 bits per heavy atom. The highest BCUT2D eigenvalue weighted by molar-refractivity contribution is 6.76. The number of ether oxygens (including phenoxy) is 5. The number of amides is 1. The number of hydrogen-bond acceptors (Lipinski definition) is 6. The smallest absolute Gasteiger partial charge is 0.407 e. The van der Waals surface area contributed by atoms with E-state index in [1.165, 1.54) is 4.90 Å². The Morgan fingerprint density at radius 3 is 2.31 bits per heavy atom. The molecular weight excluding hydrogens is 623 g/mol. The topological polar surface area (TPSA) is 86.7 Å². The molecule has 4 aromatic rings. The van der Waals surface area contributed by atoms with Gasteiger partial charge >= 0.3 is 6.09 Å². The quantitative estimate of drug-likeness (QED) is 0.0684. The summed E-state index contributed by atoms with van der Waals surface area (Å²) in [7, 11) is -1.12. The lowest BCUT2D eigenvalue weighted by molar-refractivity contribution is -0.0199. The van der Waals surface area contributed by atoms with E-state index in [4.69, 9.17) is 23.7 Å². The van der Waals surface area contributed by atoms with E-state index in [1.54, 1.807) is 0 Å². The molecule has 0 saturated carbocycles. The van der Waals surface area contributed by atoms with Crippen LogP contribution in [0, 0.1) is 0 Å². The first kappa shape index (κ1) is 35.4. The fourth-order valence-corrected chi connectivity index (χ4v) is 6.53. The van der Waals surface area contributed by atoms with Crippen molar-refractivity contribution in [2.24, 2.45) is 0 Å². The van der Waals surface area contributed by atoms with Crippen LogP contribution in [0.5, 0.6) is 11.5 Å². The minimum atomic E-state index is -1.12. The number of likely N-dealkylation sites (tertiary alicyclic amines) is 1. The van der Waals surface area contributed by atoms with E-state index in [0.717, 1.165) is 58.0 Å². The first-order chi connectivity index (χ1) is 23.2. The maximum atomic E-state index is 11.8. The van der Waals surface area contributed by atoms with Crippen LogP contribution in [0.1, 0.15) is 35.4 Å². The van der Waals surface area contributed by atoms with Gasteiger partial charge in [0.15, 0.2) is 6.79 Å². The average molecular weight is 672 g/mol. The maximum Gasteiger partial charge on any atom is 0.407 e. The van der Waals surface area contributed by atoms with Gasteiger partial charge in [-0.1, -0.05) is 80.3 Å². The molecule has 9 heteroatoms. The van der Waals surface area contributed by atoms with E-state index >= 15 is 0 Å². The van der Waals surface area contributed by atoms with Crippen LogP contribution in [0.3, 0.4) is 0 Å². The summed E-state index contributed by atoms with van der Waals surface area (Å²) < 4.78 is 29.7. The van der Waals surface area contributed by atoms with Gasteiger partial charge in [0, 0.05) is 33.6 Å². The Morgan fingerprint density at radius 1 is 0.792 bits per heavy atom. The highest BCUT2D eigenvalue weighted by Crippen LogP contribution is 2.33. The number of fused-ring (bicyclic) bond motifs is 1. The third-order valence-electron chi connectivity index (χ3n) is 8.60. The Balaban J connectivity index is 1.12. The van der Waals surface area contributed by atoms with Crippen LogP contribution >= 0.6 is 0 Å². The summed E-state index contributed by atoms with van der Waals surface area (Å²) in [6.45, 7) is 11.0. The van der Waals surface area contributed by atoms with Crippen LogP contribution in [0.25, 0.3) is 10.8 Å². The van der Waals surface area contributed by atoms with Crippen molar-refractivity contribution in [3.8, 4) is 11.5 Å². The number of carbonyl (C=O) groups is 1. The van der Waals surface area contributed by atoms with Crippen molar-refractivity contribution in [1.29, 1.82) is 0 Å². The lowest BCUT2D eigenvalue weighted by atomic mass is 9.87. The van der Waals surface area contributed by atoms with Gasteiger partial charge in [0.25, 0.3) is 0 Å². The summed E-state index contributed by atoms with van der Waals surface area (Å²) in [5.74, 6) is 1.67. The lowest BCUT2D eigenvalue weighted by Crippen LogP contribution is -2.46. The van der Waals surface area contributed by atoms with Crippen molar-refractivity contribution in [3.05, 3.63) is 108 Å². The third kappa shape index (κ3) is 11.1. The molecule has 0 spiro atoms. The standard InChI is InChI=1S/C39H49NO7Si/c1-48(2,3)23-22-44-29-47-36-17-14-33-24-31(10-11-34(33)25-36)28-46-38-26-40(39(41)42)19-18-37(38)32-12-15-35(16-13-32)45-21-7-20-43-27-30-8-5-4-6-9-30/h4-6,8-17,24-25,37-38H,7,18-23,26-29H2,1-3H3,(H,41,42). The normalized spacial score (nSPS) is 16.6. The number of carboxylic acid groups (broad SMARTS) is 1. The molecule has 0 bridgehead atoms. The van der Waals surface area contributed by atoms with Gasteiger partial charge in [-0.2, -0.15) is 0 Å². The number of nitrogens with zero attached hydrogens (tertiary/aromatic N) is 1. The molecule has 1 heterocycles. The zero-order valence-corrected chi connectivity index (χ0v) is 29.4. The maximum absolute atomic E-state index is 11.8. The molecule has 1 N–H and O–H groups in total. The predicted octanol–water partition coefficient (Wildman–Crippen LogP) is 8.57. The first-order valence-corrected chi connectivity index (χ1v) is 20.6. The Bertz CT molecular complexity index is 1580. The van der Waals surface area contributed by atoms with E-state index in [-0.39, 0.29) is 18.8 Å². The van der Waals surface area contributed by atoms with Crippen molar-refractivity contribution < 1.29 is 33.6 Å². The van der Waals surface area contributed by atoms with Gasteiger partial charge in [-0.15, -0.1) is 0 Å². The summed E-state index contributed by atoms with van der Waals surface area (Å²) in [5.41, 5.74) is 3.32. The van der Waals surface area contributed by atoms with E-state index < -0.39 is 14.2 Å². The molecule has 1 saturated heterocycles. The molecular formula is C39H49NO7Si. The molecule has 48 heavy (non-hydrogen) atoms. The number of hydrogen-bond donors (Lipinski definition) is 1. The number of piperidine rings is 1. The van der Waals surface area contributed by atoms with E-state index in [0.29, 0.717) is 45.9 Å². The molecule has 1 aliphatic heterocycles. The molecule has 5 rings (SSSR count). The van der Waals surface area contributed by atoms with Gasteiger partial charge in [0.05, 0.1) is 39.1 Å². The van der Waals surface area contributed by atoms with Crippen LogP contribution in [0.15, 0.2) is 91.0 Å². The molecule has 1 amide bonds. The molecule has 4 aromatic carbocycles. The molecule has 0 aromatic heterocycles. The van der Waals surface area contributed by atoms with Gasteiger partial charge in [-0.25, -0.2) is 4.79 Å². The molecule has 1 aliphatic rings. The van der Waals surface area contributed by atoms with Crippen LogP contribution in [-0.4, -0.2) is 70.0 Å². The summed E-state index contributed by atoms with van der Waals surface area (Å²) >= 11 is 0. The van der Waals surface area contributed by atoms with Crippen molar-refractivity contribution in [2.45, 2.75) is 63.8 Å². The number of benzene rings is 4. The average Bonchev–Trinajstić information content (AvgIpc) is 3.08. The minimum absolute atomic E-state index is 0.0779. The van der Waals surface area contributed by atoms with Crippen LogP contribution in [-0.2, 0) is 27.4 Å². The van der Waals surface area contributed by atoms with Gasteiger partial charge < -0.3 is 33.7 Å². The predicted molar refractivity (Wildman–Crippen MR) is 192 cm³/mol. The zero-order chi connectivity index (χ0) is 33.8. The van der Waals surface area contributed by atoms with Crippen molar-refractivity contribution in [3.63, 3.8) is 0 Å². The number of rotatable bonds is 17. The van der Waals surface area contributed by atoms with Crippen molar-refractivity contribution in [1.82, 2.24) is 4.90 Å². The molecule has 0 aliphatic carbocycles. The highest BCUT2D eigenvalue weighted by Gasteiger charge is 2.33. The summed E-state index contributed by atoms with van der Waals surface area (Å²) in [4.78, 5) is 13.3. The van der Waals surface area contributed by atoms with Gasteiger partial charge in [0.2, 0.25) is 0 Å².